The van der Waals surface area contributed by atoms with Crippen molar-refractivity contribution in [2.45, 2.75) is 64.8 Å². The predicted octanol–water partition coefficient (Wildman–Crippen LogP) is 5.78. The summed E-state index contributed by atoms with van der Waals surface area (Å²) in [5.41, 5.74) is 0.237. The van der Waals surface area contributed by atoms with Gasteiger partial charge in [-0.3, -0.25) is 4.79 Å². The molecule has 34 heavy (non-hydrogen) atoms. The molecule has 1 aliphatic heterocycles. The highest BCUT2D eigenvalue weighted by Gasteiger charge is 2.59. The Balaban J connectivity index is 1.19. The van der Waals surface area contributed by atoms with Gasteiger partial charge in [0.25, 0.3) is 0 Å². The molecule has 184 valence electrons. The number of ether oxygens (including phenoxy) is 2. The van der Waals surface area contributed by atoms with Crippen LogP contribution >= 0.6 is 0 Å². The molecule has 0 aromatic heterocycles. The molecule has 0 radical (unpaired) electrons. The van der Waals surface area contributed by atoms with Gasteiger partial charge >= 0.3 is 6.16 Å². The van der Waals surface area contributed by atoms with Gasteiger partial charge in [0.1, 0.15) is 5.82 Å². The monoisotopic (exact) mass is 473 g/mol. The first-order valence-electron chi connectivity index (χ1n) is 12.5. The van der Waals surface area contributed by atoms with Crippen LogP contribution in [0.5, 0.6) is 5.75 Å². The highest BCUT2D eigenvalue weighted by atomic mass is 19.1. The van der Waals surface area contributed by atoms with Gasteiger partial charge in [-0.2, -0.15) is 0 Å². The van der Waals surface area contributed by atoms with E-state index in [0.717, 1.165) is 50.7 Å². The highest BCUT2D eigenvalue weighted by Crippen LogP contribution is 2.65. The normalized spacial score (nSPS) is 38.4. The number of carbonyl (C=O) groups is 2. The molecule has 3 fully saturated rings. The summed E-state index contributed by atoms with van der Waals surface area (Å²) in [4.78, 5) is 23.9. The molecular weight excluding hydrogens is 440 g/mol. The van der Waals surface area contributed by atoms with Crippen LogP contribution in [0.2, 0.25) is 0 Å². The van der Waals surface area contributed by atoms with Gasteiger partial charge in [0.2, 0.25) is 5.91 Å². The van der Waals surface area contributed by atoms with E-state index in [2.05, 4.69) is 25.2 Å². The second kappa shape index (κ2) is 8.65. The van der Waals surface area contributed by atoms with E-state index in [-0.39, 0.29) is 35.1 Å². The van der Waals surface area contributed by atoms with E-state index in [1.54, 1.807) is 6.08 Å². The number of benzene rings is 1. The lowest BCUT2D eigenvalue weighted by atomic mass is 9.48. The highest BCUT2D eigenvalue weighted by molar-refractivity contribution is 5.89. The third-order valence-electron chi connectivity index (χ3n) is 9.66. The largest absolute Gasteiger partial charge is 0.513 e. The summed E-state index contributed by atoms with van der Waals surface area (Å²) in [6, 6.07) is 3.02. The predicted molar refractivity (Wildman–Crippen MR) is 122 cm³/mol. The molecule has 6 unspecified atom stereocenters. The quantitative estimate of drug-likeness (QED) is 0.445. The first-order chi connectivity index (χ1) is 16.2. The zero-order valence-corrected chi connectivity index (χ0v) is 19.8. The summed E-state index contributed by atoms with van der Waals surface area (Å²) >= 11 is 0. The molecule has 7 atom stereocenters. The van der Waals surface area contributed by atoms with Crippen molar-refractivity contribution in [3.63, 3.8) is 0 Å². The minimum atomic E-state index is -0.966. The van der Waals surface area contributed by atoms with E-state index in [0.29, 0.717) is 29.7 Å². The molecular formula is C27H33F2NO4. The Bertz CT molecular complexity index is 1010. The van der Waals surface area contributed by atoms with Crippen LogP contribution in [-0.2, 0) is 9.53 Å². The number of hydrogen-bond acceptors (Lipinski definition) is 4. The zero-order chi connectivity index (χ0) is 24.1. The van der Waals surface area contributed by atoms with Crippen molar-refractivity contribution in [1.82, 2.24) is 5.32 Å². The molecule has 0 saturated heterocycles. The minimum Gasteiger partial charge on any atom is -0.434 e. The molecule has 1 aromatic rings. The average molecular weight is 474 g/mol. The number of amides is 1. The fourth-order valence-corrected chi connectivity index (χ4v) is 7.88. The fourth-order valence-electron chi connectivity index (χ4n) is 7.88. The number of nitrogens with one attached hydrogen (secondary N) is 1. The summed E-state index contributed by atoms with van der Waals surface area (Å²) in [5.74, 6) is 0.354. The third-order valence-corrected chi connectivity index (χ3v) is 9.66. The lowest BCUT2D eigenvalue weighted by Gasteiger charge is -2.59. The maximum atomic E-state index is 13.7. The van der Waals surface area contributed by atoms with Crippen LogP contribution in [0, 0.1) is 46.1 Å². The molecule has 5 rings (SSSR count). The van der Waals surface area contributed by atoms with Crippen LogP contribution in [0.4, 0.5) is 13.6 Å². The number of halogens is 2. The topological polar surface area (TPSA) is 64.6 Å². The summed E-state index contributed by atoms with van der Waals surface area (Å²) in [6.07, 6.45) is 10.4. The zero-order valence-electron chi connectivity index (χ0n) is 19.8. The summed E-state index contributed by atoms with van der Waals surface area (Å²) in [5, 5.41) is 3.20. The molecule has 1 heterocycles. The van der Waals surface area contributed by atoms with Crippen molar-refractivity contribution in [3.05, 3.63) is 42.0 Å². The first-order valence-corrected chi connectivity index (χ1v) is 12.5. The first kappa shape index (κ1) is 23.3. The van der Waals surface area contributed by atoms with Crippen LogP contribution in [-0.4, -0.2) is 24.7 Å². The van der Waals surface area contributed by atoms with E-state index in [9.17, 15) is 18.4 Å². The van der Waals surface area contributed by atoms with E-state index < -0.39 is 17.8 Å². The van der Waals surface area contributed by atoms with Gasteiger partial charge < -0.3 is 14.8 Å². The average Bonchev–Trinajstić information content (AvgIpc) is 3.12. The van der Waals surface area contributed by atoms with Crippen molar-refractivity contribution >= 4 is 12.1 Å². The molecule has 4 aliphatic rings. The van der Waals surface area contributed by atoms with Gasteiger partial charge in [-0.05, 0) is 92.2 Å². The standard InChI is InChI=1S/C27H33F2NO4/c1-26-12-9-20-18(5-8-23-27(20,2)13-10-24(31)30-23)19(26)6-3-16(26)11-14-33-25(32)34-22-7-4-17(28)15-21(22)29/h4,7,10,13,15-16,18-20,23H,3,5-6,8-9,11-12,14H2,1-2H3,(H,30,31)/t16-,18?,19?,20?,23?,26?,27?/m1/s1. The molecule has 0 bridgehead atoms. The molecule has 0 spiro atoms. The Labute approximate surface area is 199 Å². The van der Waals surface area contributed by atoms with Crippen LogP contribution in [0.15, 0.2) is 30.4 Å². The second-order valence-electron chi connectivity index (χ2n) is 11.1. The number of carbonyl (C=O) groups excluding carboxylic acids is 2. The lowest BCUT2D eigenvalue weighted by molar-refractivity contribution is -0.122. The van der Waals surface area contributed by atoms with Crippen molar-refractivity contribution in [2.24, 2.45) is 34.5 Å². The Morgan fingerprint density at radius 1 is 1.12 bits per heavy atom. The van der Waals surface area contributed by atoms with Gasteiger partial charge in [-0.25, -0.2) is 13.6 Å². The third kappa shape index (κ3) is 3.91. The smallest absolute Gasteiger partial charge is 0.434 e. The van der Waals surface area contributed by atoms with Crippen LogP contribution in [0.25, 0.3) is 0 Å². The Morgan fingerprint density at radius 2 is 1.94 bits per heavy atom. The maximum absolute atomic E-state index is 13.7. The van der Waals surface area contributed by atoms with Crippen molar-refractivity contribution in [1.29, 1.82) is 0 Å². The number of rotatable bonds is 4. The molecule has 7 heteroatoms. The van der Waals surface area contributed by atoms with Crippen molar-refractivity contribution in [2.75, 3.05) is 6.61 Å². The summed E-state index contributed by atoms with van der Waals surface area (Å²) < 4.78 is 36.9. The Hall–Kier alpha value is -2.44. The van der Waals surface area contributed by atoms with Gasteiger partial charge in [-0.1, -0.05) is 19.9 Å². The molecule has 1 aromatic carbocycles. The van der Waals surface area contributed by atoms with Gasteiger partial charge in [-0.15, -0.1) is 0 Å². The van der Waals surface area contributed by atoms with Crippen LogP contribution in [0.3, 0.4) is 0 Å². The molecule has 1 N–H and O–H groups in total. The number of fused-ring (bicyclic) bond motifs is 5. The maximum Gasteiger partial charge on any atom is 0.513 e. The van der Waals surface area contributed by atoms with Gasteiger partial charge in [0, 0.05) is 17.5 Å². The van der Waals surface area contributed by atoms with E-state index in [1.807, 2.05) is 0 Å². The summed E-state index contributed by atoms with van der Waals surface area (Å²) in [6.45, 7) is 4.95. The second-order valence-corrected chi connectivity index (χ2v) is 11.1. The molecule has 3 aliphatic carbocycles. The van der Waals surface area contributed by atoms with E-state index in [1.165, 1.54) is 6.42 Å². The summed E-state index contributed by atoms with van der Waals surface area (Å²) in [7, 11) is 0. The molecule has 1 amide bonds. The van der Waals surface area contributed by atoms with Crippen LogP contribution < -0.4 is 10.1 Å². The van der Waals surface area contributed by atoms with E-state index in [4.69, 9.17) is 9.47 Å². The van der Waals surface area contributed by atoms with Gasteiger partial charge in [0.05, 0.1) is 6.61 Å². The Morgan fingerprint density at radius 3 is 2.74 bits per heavy atom. The fraction of sp³-hybridized carbons (Fsp3) is 0.630. The van der Waals surface area contributed by atoms with Crippen molar-refractivity contribution < 1.29 is 27.8 Å². The SMILES string of the molecule is CC12C=CC(=O)NC1CCC1C2CCC2(C)C1CC[C@@H]2CCOC(=O)Oc1ccc(F)cc1F. The van der Waals surface area contributed by atoms with Crippen molar-refractivity contribution in [3.8, 4) is 5.75 Å². The lowest BCUT2D eigenvalue weighted by Crippen LogP contribution is -2.59. The molecule has 5 nitrogen and oxygen atoms in total. The number of hydrogen-bond donors (Lipinski definition) is 1. The Kier molecular flexibility index (Phi) is 5.93. The van der Waals surface area contributed by atoms with Crippen LogP contribution in [0.1, 0.15) is 58.8 Å². The van der Waals surface area contributed by atoms with Gasteiger partial charge in [0.15, 0.2) is 11.6 Å². The minimum absolute atomic E-state index is 0.0265. The van der Waals surface area contributed by atoms with E-state index >= 15 is 0 Å². The molecule has 3 saturated carbocycles.